The van der Waals surface area contributed by atoms with Gasteiger partial charge in [0.05, 0.1) is 12.7 Å². The summed E-state index contributed by atoms with van der Waals surface area (Å²) in [5, 5.41) is 7.16. The Morgan fingerprint density at radius 2 is 1.86 bits per heavy atom. The van der Waals surface area contributed by atoms with Gasteiger partial charge in [-0.25, -0.2) is 4.79 Å². The number of thiophene rings is 1. The minimum absolute atomic E-state index is 0.171. The summed E-state index contributed by atoms with van der Waals surface area (Å²) in [5.74, 6) is -0.631. The van der Waals surface area contributed by atoms with Crippen molar-refractivity contribution in [3.8, 4) is 0 Å². The Bertz CT molecular complexity index is 957. The van der Waals surface area contributed by atoms with Crippen LogP contribution in [0.3, 0.4) is 0 Å². The van der Waals surface area contributed by atoms with Crippen molar-refractivity contribution in [1.82, 2.24) is 5.32 Å². The lowest BCUT2D eigenvalue weighted by molar-refractivity contribution is 0.0600. The highest BCUT2D eigenvalue weighted by atomic mass is 32.1. The standard InChI is InChI=1S/C22H28N2O3S/c1-12-8-9-14(13(2)10-12)18(25)23-19-16(20(26)27-7)15-11-21(3,4)24-22(5,6)17(15)28-19/h8-10,24H,11H2,1-7H3,(H,23,25). The number of carbonyl (C=O) groups excluding carboxylic acids is 2. The molecular weight excluding hydrogens is 372 g/mol. The molecule has 0 aliphatic carbocycles. The topological polar surface area (TPSA) is 67.4 Å². The minimum atomic E-state index is -0.415. The summed E-state index contributed by atoms with van der Waals surface area (Å²) in [4.78, 5) is 26.6. The first-order valence-corrected chi connectivity index (χ1v) is 10.2. The van der Waals surface area contributed by atoms with Gasteiger partial charge in [-0.15, -0.1) is 11.3 Å². The Labute approximate surface area is 170 Å². The van der Waals surface area contributed by atoms with Gasteiger partial charge in [-0.05, 0) is 65.2 Å². The lowest BCUT2D eigenvalue weighted by atomic mass is 9.81. The summed E-state index contributed by atoms with van der Waals surface area (Å²) in [5.41, 5.74) is 3.56. The summed E-state index contributed by atoms with van der Waals surface area (Å²) in [7, 11) is 1.37. The SMILES string of the molecule is COC(=O)c1c(NC(=O)c2ccc(C)cc2C)sc2c1CC(C)(C)NC2(C)C. The van der Waals surface area contributed by atoms with E-state index >= 15 is 0 Å². The van der Waals surface area contributed by atoms with E-state index in [4.69, 9.17) is 4.74 Å². The Balaban J connectivity index is 2.08. The van der Waals surface area contributed by atoms with Crippen molar-refractivity contribution in [2.24, 2.45) is 0 Å². The van der Waals surface area contributed by atoms with E-state index in [2.05, 4.69) is 38.3 Å². The molecule has 1 amide bonds. The molecule has 5 nitrogen and oxygen atoms in total. The molecule has 2 N–H and O–H groups in total. The van der Waals surface area contributed by atoms with E-state index in [1.54, 1.807) is 0 Å². The number of hydrogen-bond donors (Lipinski definition) is 2. The average molecular weight is 401 g/mol. The number of aryl methyl sites for hydroxylation is 2. The molecule has 0 spiro atoms. The van der Waals surface area contributed by atoms with Gasteiger partial charge in [0.25, 0.3) is 5.91 Å². The Morgan fingerprint density at radius 1 is 1.18 bits per heavy atom. The summed E-state index contributed by atoms with van der Waals surface area (Å²) in [6, 6.07) is 5.71. The molecular formula is C22H28N2O3S. The maximum absolute atomic E-state index is 12.9. The van der Waals surface area contributed by atoms with Crippen molar-refractivity contribution in [1.29, 1.82) is 0 Å². The number of methoxy groups -OCH3 is 1. The van der Waals surface area contributed by atoms with Crippen molar-refractivity contribution in [3.63, 3.8) is 0 Å². The lowest BCUT2D eigenvalue weighted by Gasteiger charge is -2.42. The van der Waals surface area contributed by atoms with Gasteiger partial charge in [0, 0.05) is 21.5 Å². The minimum Gasteiger partial charge on any atom is -0.465 e. The van der Waals surface area contributed by atoms with Gasteiger partial charge in [-0.3, -0.25) is 4.79 Å². The number of amides is 1. The Morgan fingerprint density at radius 3 is 2.46 bits per heavy atom. The quantitative estimate of drug-likeness (QED) is 0.741. The molecule has 0 atom stereocenters. The third-order valence-electron chi connectivity index (χ3n) is 5.09. The van der Waals surface area contributed by atoms with Crippen LogP contribution in [0.2, 0.25) is 0 Å². The van der Waals surface area contributed by atoms with Crippen LogP contribution in [0.1, 0.15) is 70.0 Å². The molecule has 1 aliphatic heterocycles. The third kappa shape index (κ3) is 3.71. The summed E-state index contributed by atoms with van der Waals surface area (Å²) < 4.78 is 5.06. The first kappa shape index (κ1) is 20.6. The highest BCUT2D eigenvalue weighted by molar-refractivity contribution is 7.17. The maximum Gasteiger partial charge on any atom is 0.341 e. The fourth-order valence-electron chi connectivity index (χ4n) is 4.17. The molecule has 1 aromatic heterocycles. The molecule has 1 aromatic carbocycles. The Hall–Kier alpha value is -2.18. The van der Waals surface area contributed by atoms with Crippen LogP contribution in [-0.2, 0) is 16.7 Å². The first-order chi connectivity index (χ1) is 12.9. The highest BCUT2D eigenvalue weighted by Gasteiger charge is 2.42. The third-order valence-corrected chi connectivity index (χ3v) is 6.56. The number of nitrogens with one attached hydrogen (secondary N) is 2. The second kappa shape index (κ2) is 7.01. The van der Waals surface area contributed by atoms with Gasteiger partial charge in [-0.2, -0.15) is 0 Å². The molecule has 0 fully saturated rings. The van der Waals surface area contributed by atoms with Gasteiger partial charge in [0.2, 0.25) is 0 Å². The highest BCUT2D eigenvalue weighted by Crippen LogP contribution is 2.45. The molecule has 0 saturated carbocycles. The molecule has 3 rings (SSSR count). The molecule has 28 heavy (non-hydrogen) atoms. The van der Waals surface area contributed by atoms with Crippen molar-refractivity contribution >= 4 is 28.2 Å². The van der Waals surface area contributed by atoms with E-state index in [-0.39, 0.29) is 17.0 Å². The van der Waals surface area contributed by atoms with Crippen LogP contribution in [0.15, 0.2) is 18.2 Å². The fourth-order valence-corrected chi connectivity index (χ4v) is 5.43. The number of rotatable bonds is 3. The monoisotopic (exact) mass is 400 g/mol. The van der Waals surface area contributed by atoms with Crippen LogP contribution in [0.4, 0.5) is 5.00 Å². The predicted octanol–water partition coefficient (Wildman–Crippen LogP) is 4.56. The average Bonchev–Trinajstić information content (AvgIpc) is 2.90. The van der Waals surface area contributed by atoms with Crippen LogP contribution in [0.5, 0.6) is 0 Å². The lowest BCUT2D eigenvalue weighted by Crippen LogP contribution is -2.55. The predicted molar refractivity (Wildman–Crippen MR) is 113 cm³/mol. The van der Waals surface area contributed by atoms with Crippen LogP contribution < -0.4 is 10.6 Å². The van der Waals surface area contributed by atoms with E-state index in [1.165, 1.54) is 18.4 Å². The molecule has 2 heterocycles. The van der Waals surface area contributed by atoms with Crippen molar-refractivity contribution in [2.45, 2.75) is 59.0 Å². The largest absolute Gasteiger partial charge is 0.465 e. The first-order valence-electron chi connectivity index (χ1n) is 9.37. The molecule has 0 saturated heterocycles. The van der Waals surface area contributed by atoms with Gasteiger partial charge >= 0.3 is 5.97 Å². The fraction of sp³-hybridized carbons (Fsp3) is 0.455. The molecule has 150 valence electrons. The van der Waals surface area contributed by atoms with Gasteiger partial charge < -0.3 is 15.4 Å². The molecule has 6 heteroatoms. The molecule has 0 bridgehead atoms. The second-order valence-electron chi connectivity index (χ2n) is 8.69. The van der Waals surface area contributed by atoms with Crippen molar-refractivity contribution < 1.29 is 14.3 Å². The van der Waals surface area contributed by atoms with E-state index in [0.717, 1.165) is 21.6 Å². The zero-order chi connectivity index (χ0) is 20.9. The second-order valence-corrected chi connectivity index (χ2v) is 9.71. The number of carbonyl (C=O) groups is 2. The summed E-state index contributed by atoms with van der Waals surface area (Å²) >= 11 is 1.45. The van der Waals surface area contributed by atoms with E-state index < -0.39 is 5.97 Å². The number of ether oxygens (including phenoxy) is 1. The van der Waals surface area contributed by atoms with Gasteiger partial charge in [0.1, 0.15) is 5.00 Å². The number of esters is 1. The molecule has 0 radical (unpaired) electrons. The zero-order valence-electron chi connectivity index (χ0n) is 17.6. The van der Waals surface area contributed by atoms with Crippen LogP contribution in [0.25, 0.3) is 0 Å². The van der Waals surface area contributed by atoms with Gasteiger partial charge in [0.15, 0.2) is 0 Å². The number of fused-ring (bicyclic) bond motifs is 1. The Kier molecular flexibility index (Phi) is 5.15. The van der Waals surface area contributed by atoms with E-state index in [0.29, 0.717) is 22.5 Å². The maximum atomic E-state index is 12.9. The smallest absolute Gasteiger partial charge is 0.341 e. The number of anilines is 1. The van der Waals surface area contributed by atoms with Crippen molar-refractivity contribution in [2.75, 3.05) is 12.4 Å². The van der Waals surface area contributed by atoms with E-state index in [1.807, 2.05) is 32.0 Å². The van der Waals surface area contributed by atoms with Crippen molar-refractivity contribution in [3.05, 3.63) is 50.9 Å². The van der Waals surface area contributed by atoms with Gasteiger partial charge in [-0.1, -0.05) is 17.7 Å². The molecule has 0 unspecified atom stereocenters. The normalized spacial score (nSPS) is 17.0. The van der Waals surface area contributed by atoms with E-state index in [9.17, 15) is 9.59 Å². The summed E-state index contributed by atoms with van der Waals surface area (Å²) in [6.45, 7) is 12.3. The number of hydrogen-bond acceptors (Lipinski definition) is 5. The van der Waals surface area contributed by atoms with Crippen LogP contribution >= 0.6 is 11.3 Å². The van der Waals surface area contributed by atoms with Crippen LogP contribution in [-0.4, -0.2) is 24.5 Å². The zero-order valence-corrected chi connectivity index (χ0v) is 18.4. The summed E-state index contributed by atoms with van der Waals surface area (Å²) in [6.07, 6.45) is 0.687. The number of benzene rings is 1. The van der Waals surface area contributed by atoms with Crippen LogP contribution in [0, 0.1) is 13.8 Å². The molecule has 2 aromatic rings. The molecule has 1 aliphatic rings.